The first kappa shape index (κ1) is 10.9. The van der Waals surface area contributed by atoms with Crippen molar-refractivity contribution in [1.29, 1.82) is 0 Å². The molecule has 0 radical (unpaired) electrons. The van der Waals surface area contributed by atoms with Crippen LogP contribution in [0.3, 0.4) is 0 Å². The third-order valence-electron chi connectivity index (χ3n) is 2.00. The maximum atomic E-state index is 11.4. The maximum Gasteiger partial charge on any atom is 0.358 e. The van der Waals surface area contributed by atoms with Gasteiger partial charge in [-0.3, -0.25) is 0 Å². The molecular formula is C10H10ClN3O2. The van der Waals surface area contributed by atoms with E-state index in [9.17, 15) is 4.79 Å². The number of ether oxygens (including phenoxy) is 1. The van der Waals surface area contributed by atoms with E-state index in [0.29, 0.717) is 12.3 Å². The molecule has 0 unspecified atom stereocenters. The van der Waals surface area contributed by atoms with E-state index in [0.717, 1.165) is 5.69 Å². The van der Waals surface area contributed by atoms with E-state index in [-0.39, 0.29) is 10.8 Å². The van der Waals surface area contributed by atoms with Gasteiger partial charge in [0, 0.05) is 12.4 Å². The number of hydrogen-bond acceptors (Lipinski definition) is 4. The lowest BCUT2D eigenvalue weighted by atomic mass is 10.5. The Hall–Kier alpha value is -1.62. The van der Waals surface area contributed by atoms with Crippen molar-refractivity contribution in [3.8, 4) is 0 Å². The number of carbonyl (C=O) groups excluding carboxylic acids is 1. The van der Waals surface area contributed by atoms with Crippen LogP contribution in [-0.2, 0) is 4.74 Å². The lowest BCUT2D eigenvalue weighted by Gasteiger charge is -1.96. The molecule has 0 aliphatic rings. The zero-order valence-electron chi connectivity index (χ0n) is 8.90. The minimum absolute atomic E-state index is 0.233. The summed E-state index contributed by atoms with van der Waals surface area (Å²) in [4.78, 5) is 19.6. The fourth-order valence-electron chi connectivity index (χ4n) is 1.38. The molecule has 5 nitrogen and oxygen atoms in total. The van der Waals surface area contributed by atoms with Crippen LogP contribution in [0.1, 0.15) is 23.1 Å². The summed E-state index contributed by atoms with van der Waals surface area (Å²) in [5, 5.41) is 0.274. The molecule has 0 saturated heterocycles. The summed E-state index contributed by atoms with van der Waals surface area (Å²) in [5.74, 6) is -0.458. The van der Waals surface area contributed by atoms with E-state index in [4.69, 9.17) is 16.3 Å². The highest BCUT2D eigenvalue weighted by atomic mass is 35.5. The van der Waals surface area contributed by atoms with Gasteiger partial charge in [0.1, 0.15) is 0 Å². The Morgan fingerprint density at radius 3 is 2.94 bits per heavy atom. The van der Waals surface area contributed by atoms with Crippen LogP contribution in [0.15, 0.2) is 12.4 Å². The lowest BCUT2D eigenvalue weighted by molar-refractivity contribution is 0.0520. The molecule has 0 atom stereocenters. The number of imidazole rings is 1. The van der Waals surface area contributed by atoms with Crippen molar-refractivity contribution < 1.29 is 9.53 Å². The quantitative estimate of drug-likeness (QED) is 0.751. The summed E-state index contributed by atoms with van der Waals surface area (Å²) < 4.78 is 6.51. The summed E-state index contributed by atoms with van der Waals surface area (Å²) >= 11 is 5.91. The molecule has 0 spiro atoms. The van der Waals surface area contributed by atoms with Crippen molar-refractivity contribution in [2.75, 3.05) is 6.61 Å². The number of aromatic nitrogens is 3. The lowest BCUT2D eigenvalue weighted by Crippen LogP contribution is -2.04. The van der Waals surface area contributed by atoms with Crippen LogP contribution in [-0.4, -0.2) is 26.9 Å². The summed E-state index contributed by atoms with van der Waals surface area (Å²) in [6.45, 7) is 3.87. The standard InChI is InChI=1S/C10H10ClN3O2/c1-3-16-10(15)7-5-14-4-6(2)12-8(11)9(14)13-7/h4-5H,3H2,1-2H3. The molecule has 0 bridgehead atoms. The first-order valence-corrected chi connectivity index (χ1v) is 5.18. The van der Waals surface area contributed by atoms with Crippen LogP contribution in [0.4, 0.5) is 0 Å². The molecule has 0 fully saturated rings. The third-order valence-corrected chi connectivity index (χ3v) is 2.26. The van der Waals surface area contributed by atoms with Crippen molar-refractivity contribution in [2.24, 2.45) is 0 Å². The highest BCUT2D eigenvalue weighted by molar-refractivity contribution is 6.32. The van der Waals surface area contributed by atoms with E-state index in [1.807, 2.05) is 6.92 Å². The Kier molecular flexibility index (Phi) is 2.78. The summed E-state index contributed by atoms with van der Waals surface area (Å²) in [7, 11) is 0. The number of hydrogen-bond donors (Lipinski definition) is 0. The van der Waals surface area contributed by atoms with Crippen molar-refractivity contribution in [1.82, 2.24) is 14.4 Å². The molecule has 0 aliphatic carbocycles. The Morgan fingerprint density at radius 2 is 2.25 bits per heavy atom. The highest BCUT2D eigenvalue weighted by Crippen LogP contribution is 2.15. The van der Waals surface area contributed by atoms with Gasteiger partial charge in [0.25, 0.3) is 0 Å². The molecule has 2 aromatic rings. The normalized spacial score (nSPS) is 10.7. The fourth-order valence-corrected chi connectivity index (χ4v) is 1.66. The second kappa shape index (κ2) is 4.09. The number of aryl methyl sites for hydroxylation is 1. The minimum atomic E-state index is -0.458. The Labute approximate surface area is 97.0 Å². The maximum absolute atomic E-state index is 11.4. The fraction of sp³-hybridized carbons (Fsp3) is 0.300. The zero-order chi connectivity index (χ0) is 11.7. The Bertz CT molecular complexity index is 550. The molecule has 16 heavy (non-hydrogen) atoms. The molecule has 0 amide bonds. The van der Waals surface area contributed by atoms with Crippen molar-refractivity contribution in [3.63, 3.8) is 0 Å². The van der Waals surface area contributed by atoms with Gasteiger partial charge in [-0.1, -0.05) is 11.6 Å². The third kappa shape index (κ3) is 1.86. The molecule has 6 heteroatoms. The van der Waals surface area contributed by atoms with Gasteiger partial charge >= 0.3 is 5.97 Å². The Balaban J connectivity index is 2.51. The monoisotopic (exact) mass is 239 g/mol. The summed E-state index contributed by atoms with van der Waals surface area (Å²) in [6.07, 6.45) is 3.32. The van der Waals surface area contributed by atoms with Crippen molar-refractivity contribution in [3.05, 3.63) is 28.9 Å². The average molecular weight is 240 g/mol. The second-order valence-corrected chi connectivity index (χ2v) is 3.61. The molecule has 2 aromatic heterocycles. The molecule has 0 saturated carbocycles. The van der Waals surface area contributed by atoms with Crippen LogP contribution in [0, 0.1) is 6.92 Å². The Morgan fingerprint density at radius 1 is 1.50 bits per heavy atom. The molecule has 0 N–H and O–H groups in total. The first-order valence-electron chi connectivity index (χ1n) is 4.80. The van der Waals surface area contributed by atoms with Gasteiger partial charge in [-0.2, -0.15) is 0 Å². The van der Waals surface area contributed by atoms with Gasteiger partial charge < -0.3 is 9.14 Å². The topological polar surface area (TPSA) is 56.5 Å². The van der Waals surface area contributed by atoms with Crippen LogP contribution >= 0.6 is 11.6 Å². The molecule has 0 aliphatic heterocycles. The van der Waals surface area contributed by atoms with Gasteiger partial charge in [0.05, 0.1) is 12.3 Å². The number of halogens is 1. The number of rotatable bonds is 2. The molecule has 2 rings (SSSR count). The average Bonchev–Trinajstić information content (AvgIpc) is 2.62. The molecule has 2 heterocycles. The number of esters is 1. The van der Waals surface area contributed by atoms with Crippen LogP contribution in [0.5, 0.6) is 0 Å². The van der Waals surface area contributed by atoms with E-state index < -0.39 is 5.97 Å². The van der Waals surface area contributed by atoms with Crippen molar-refractivity contribution in [2.45, 2.75) is 13.8 Å². The predicted molar refractivity (Wildman–Crippen MR) is 58.7 cm³/mol. The van der Waals surface area contributed by atoms with Gasteiger partial charge in [0.15, 0.2) is 16.5 Å². The summed E-state index contributed by atoms with van der Waals surface area (Å²) in [5.41, 5.74) is 1.44. The van der Waals surface area contributed by atoms with Crippen LogP contribution in [0.25, 0.3) is 5.65 Å². The molecule has 0 aromatic carbocycles. The van der Waals surface area contributed by atoms with E-state index in [1.54, 1.807) is 23.7 Å². The van der Waals surface area contributed by atoms with E-state index in [1.165, 1.54) is 0 Å². The smallest absolute Gasteiger partial charge is 0.358 e. The first-order chi connectivity index (χ1) is 7.61. The van der Waals surface area contributed by atoms with E-state index >= 15 is 0 Å². The number of nitrogens with zero attached hydrogens (tertiary/aromatic N) is 3. The van der Waals surface area contributed by atoms with E-state index in [2.05, 4.69) is 9.97 Å². The number of carbonyl (C=O) groups is 1. The minimum Gasteiger partial charge on any atom is -0.461 e. The predicted octanol–water partition coefficient (Wildman–Crippen LogP) is 1.87. The van der Waals surface area contributed by atoms with Crippen molar-refractivity contribution >= 4 is 23.2 Å². The van der Waals surface area contributed by atoms with Gasteiger partial charge in [-0.25, -0.2) is 14.8 Å². The summed E-state index contributed by atoms with van der Waals surface area (Å²) in [6, 6.07) is 0. The number of fused-ring (bicyclic) bond motifs is 1. The largest absolute Gasteiger partial charge is 0.461 e. The van der Waals surface area contributed by atoms with Crippen LogP contribution in [0.2, 0.25) is 5.15 Å². The van der Waals surface area contributed by atoms with Gasteiger partial charge in [-0.15, -0.1) is 0 Å². The van der Waals surface area contributed by atoms with Gasteiger partial charge in [-0.05, 0) is 13.8 Å². The SMILES string of the molecule is CCOC(=O)c1cn2cc(C)nc(Cl)c2n1. The molecular weight excluding hydrogens is 230 g/mol. The molecule has 84 valence electrons. The highest BCUT2D eigenvalue weighted by Gasteiger charge is 2.13. The van der Waals surface area contributed by atoms with Gasteiger partial charge in [0.2, 0.25) is 0 Å². The zero-order valence-corrected chi connectivity index (χ0v) is 9.65. The second-order valence-electron chi connectivity index (χ2n) is 3.25. The van der Waals surface area contributed by atoms with Crippen LogP contribution < -0.4 is 0 Å².